The fraction of sp³-hybridized carbons (Fsp3) is 0.321. The Balaban J connectivity index is 1.92. The highest BCUT2D eigenvalue weighted by atomic mass is 19.4. The number of carbonyl (C=O) groups excluding carboxylic acids is 1. The highest BCUT2D eigenvalue weighted by Gasteiger charge is 2.37. The molecule has 3 aromatic rings. The summed E-state index contributed by atoms with van der Waals surface area (Å²) in [5, 5.41) is 2.72. The summed E-state index contributed by atoms with van der Waals surface area (Å²) in [4.78, 5) is 13.4. The van der Waals surface area contributed by atoms with Gasteiger partial charge in [-0.05, 0) is 41.9 Å². The van der Waals surface area contributed by atoms with Crippen LogP contribution in [0.1, 0.15) is 40.7 Å². The van der Waals surface area contributed by atoms with Crippen LogP contribution >= 0.6 is 0 Å². The number of likely N-dealkylation sites (N-methyl/N-ethyl adjacent to an activating group) is 1. The maximum Gasteiger partial charge on any atom is 0.416 e. The average Bonchev–Trinajstić information content (AvgIpc) is 2.86. The van der Waals surface area contributed by atoms with E-state index in [9.17, 15) is 31.1 Å². The topological polar surface area (TPSA) is 41.6 Å². The van der Waals surface area contributed by atoms with Crippen molar-refractivity contribution in [2.75, 3.05) is 20.3 Å². The molecule has 0 heterocycles. The molecule has 4 nitrogen and oxygen atoms in total. The number of hydrogen-bond acceptors (Lipinski definition) is 3. The van der Waals surface area contributed by atoms with Gasteiger partial charge >= 0.3 is 12.4 Å². The van der Waals surface area contributed by atoms with Crippen LogP contribution < -0.4 is 5.32 Å². The Morgan fingerprint density at radius 3 is 1.74 bits per heavy atom. The standard InChI is InChI=1S/C28H28F6N2O2/c1-19(37)35-18-36(2)25(26(21-9-5-3-6-10-21)22-11-7-4-8-12-22)17-38-16-20-13-23(27(29,30)31)15-24(14-20)28(32,33)34/h3-15,25-26H,16-18H2,1-2H3,(H,35,37). The molecule has 0 fully saturated rings. The molecule has 10 heteroatoms. The second-order valence-corrected chi connectivity index (χ2v) is 8.94. The predicted octanol–water partition coefficient (Wildman–Crippen LogP) is 6.47. The van der Waals surface area contributed by atoms with E-state index < -0.39 is 36.1 Å². The third-order valence-electron chi connectivity index (χ3n) is 6.05. The van der Waals surface area contributed by atoms with Gasteiger partial charge in [-0.3, -0.25) is 9.69 Å². The van der Waals surface area contributed by atoms with E-state index in [4.69, 9.17) is 4.74 Å². The number of nitrogens with one attached hydrogen (secondary N) is 1. The van der Waals surface area contributed by atoms with E-state index >= 15 is 0 Å². The summed E-state index contributed by atoms with van der Waals surface area (Å²) >= 11 is 0. The number of rotatable bonds is 10. The molecule has 38 heavy (non-hydrogen) atoms. The molecule has 3 aromatic carbocycles. The highest BCUT2D eigenvalue weighted by molar-refractivity contribution is 5.72. The third-order valence-corrected chi connectivity index (χ3v) is 6.05. The van der Waals surface area contributed by atoms with Crippen LogP contribution in [0.25, 0.3) is 0 Å². The van der Waals surface area contributed by atoms with E-state index in [0.717, 1.165) is 11.1 Å². The molecule has 1 atom stereocenters. The number of benzene rings is 3. The molecular formula is C28H28F6N2O2. The van der Waals surface area contributed by atoms with E-state index in [2.05, 4.69) is 5.32 Å². The molecule has 0 saturated heterocycles. The van der Waals surface area contributed by atoms with Crippen LogP contribution in [-0.2, 0) is 28.5 Å². The number of amides is 1. The molecule has 0 saturated carbocycles. The second kappa shape index (κ2) is 12.4. The third kappa shape index (κ3) is 8.06. The first kappa shape index (κ1) is 29.2. The molecular weight excluding hydrogens is 510 g/mol. The Bertz CT molecular complexity index is 1110. The smallest absolute Gasteiger partial charge is 0.375 e. The fourth-order valence-corrected chi connectivity index (χ4v) is 4.19. The number of carbonyl (C=O) groups is 1. The van der Waals surface area contributed by atoms with Crippen molar-refractivity contribution in [2.24, 2.45) is 0 Å². The lowest BCUT2D eigenvalue weighted by Gasteiger charge is -2.35. The van der Waals surface area contributed by atoms with Gasteiger partial charge in [0.2, 0.25) is 5.91 Å². The average molecular weight is 539 g/mol. The van der Waals surface area contributed by atoms with E-state index in [1.54, 1.807) is 7.05 Å². The van der Waals surface area contributed by atoms with E-state index in [1.165, 1.54) is 6.92 Å². The number of nitrogens with zero attached hydrogens (tertiary/aromatic N) is 1. The van der Waals surface area contributed by atoms with Gasteiger partial charge in [0.1, 0.15) is 0 Å². The van der Waals surface area contributed by atoms with Gasteiger partial charge in [-0.25, -0.2) is 0 Å². The van der Waals surface area contributed by atoms with Crippen molar-refractivity contribution in [1.82, 2.24) is 10.2 Å². The first-order chi connectivity index (χ1) is 17.9. The van der Waals surface area contributed by atoms with Gasteiger partial charge in [0.25, 0.3) is 0 Å². The van der Waals surface area contributed by atoms with Gasteiger partial charge in [0, 0.05) is 18.9 Å². The van der Waals surface area contributed by atoms with Crippen LogP contribution in [0.3, 0.4) is 0 Å². The summed E-state index contributed by atoms with van der Waals surface area (Å²) in [6, 6.07) is 19.9. The van der Waals surface area contributed by atoms with E-state index in [0.29, 0.717) is 12.1 Å². The number of halogens is 6. The molecule has 0 aliphatic rings. The normalized spacial score (nSPS) is 13.1. The Morgan fingerprint density at radius 1 is 0.842 bits per heavy atom. The zero-order valence-corrected chi connectivity index (χ0v) is 20.8. The molecule has 1 unspecified atom stereocenters. The van der Waals surface area contributed by atoms with Crippen LogP contribution in [-0.4, -0.2) is 37.2 Å². The quantitative estimate of drug-likeness (QED) is 0.238. The molecule has 1 N–H and O–H groups in total. The first-order valence-corrected chi connectivity index (χ1v) is 11.8. The van der Waals surface area contributed by atoms with Crippen molar-refractivity contribution in [3.8, 4) is 0 Å². The maximum absolute atomic E-state index is 13.3. The minimum atomic E-state index is -4.94. The van der Waals surface area contributed by atoms with Crippen LogP contribution in [0.5, 0.6) is 0 Å². The largest absolute Gasteiger partial charge is 0.416 e. The van der Waals surface area contributed by atoms with E-state index in [-0.39, 0.29) is 36.7 Å². The summed E-state index contributed by atoms with van der Waals surface area (Å²) in [5.41, 5.74) is -1.17. The molecule has 1 amide bonds. The van der Waals surface area contributed by atoms with Crippen LogP contribution in [0.15, 0.2) is 78.9 Å². The molecule has 0 aliphatic carbocycles. The zero-order chi connectivity index (χ0) is 27.9. The molecule has 3 rings (SSSR count). The fourth-order valence-electron chi connectivity index (χ4n) is 4.19. The minimum Gasteiger partial charge on any atom is -0.375 e. The van der Waals surface area contributed by atoms with Crippen molar-refractivity contribution in [3.05, 3.63) is 107 Å². The van der Waals surface area contributed by atoms with Crippen LogP contribution in [0, 0.1) is 0 Å². The maximum atomic E-state index is 13.3. The van der Waals surface area contributed by atoms with Crippen molar-refractivity contribution in [2.45, 2.75) is 37.8 Å². The Hall–Kier alpha value is -3.37. The molecule has 0 aliphatic heterocycles. The Kier molecular flexibility index (Phi) is 9.56. The summed E-state index contributed by atoms with van der Waals surface area (Å²) in [6.07, 6.45) is -9.88. The van der Waals surface area contributed by atoms with Gasteiger partial charge in [-0.15, -0.1) is 0 Å². The number of ether oxygens (including phenoxy) is 1. The lowest BCUT2D eigenvalue weighted by atomic mass is 9.84. The van der Waals surface area contributed by atoms with Gasteiger partial charge in [0.05, 0.1) is 31.0 Å². The summed E-state index contributed by atoms with van der Waals surface area (Å²) in [6.45, 7) is 1.02. The zero-order valence-electron chi connectivity index (χ0n) is 20.8. The molecule has 0 aromatic heterocycles. The van der Waals surface area contributed by atoms with Gasteiger partial charge in [-0.2, -0.15) is 26.3 Å². The van der Waals surface area contributed by atoms with Crippen LogP contribution in [0.4, 0.5) is 26.3 Å². The lowest BCUT2D eigenvalue weighted by Crippen LogP contribution is -2.46. The molecule has 0 bridgehead atoms. The van der Waals surface area contributed by atoms with Crippen molar-refractivity contribution in [3.63, 3.8) is 0 Å². The lowest BCUT2D eigenvalue weighted by molar-refractivity contribution is -0.143. The van der Waals surface area contributed by atoms with E-state index in [1.807, 2.05) is 65.6 Å². The summed E-state index contributed by atoms with van der Waals surface area (Å²) in [5.74, 6) is -0.528. The van der Waals surface area contributed by atoms with Crippen molar-refractivity contribution < 1.29 is 35.9 Å². The van der Waals surface area contributed by atoms with Gasteiger partial charge in [-0.1, -0.05) is 60.7 Å². The van der Waals surface area contributed by atoms with Crippen molar-refractivity contribution in [1.29, 1.82) is 0 Å². The molecule has 0 radical (unpaired) electrons. The Morgan fingerprint density at radius 2 is 1.32 bits per heavy atom. The minimum absolute atomic E-state index is 0.0395. The number of hydrogen-bond donors (Lipinski definition) is 1. The monoisotopic (exact) mass is 538 g/mol. The summed E-state index contributed by atoms with van der Waals surface area (Å²) in [7, 11) is 1.76. The predicted molar refractivity (Wildman–Crippen MR) is 131 cm³/mol. The Labute approximate surface area is 217 Å². The van der Waals surface area contributed by atoms with Gasteiger partial charge in [0.15, 0.2) is 0 Å². The molecule has 0 spiro atoms. The summed E-state index contributed by atoms with van der Waals surface area (Å²) < 4.78 is 85.4. The highest BCUT2D eigenvalue weighted by Crippen LogP contribution is 2.37. The molecule has 204 valence electrons. The van der Waals surface area contributed by atoms with Crippen LogP contribution in [0.2, 0.25) is 0 Å². The number of alkyl halides is 6. The first-order valence-electron chi connectivity index (χ1n) is 11.8. The van der Waals surface area contributed by atoms with Gasteiger partial charge < -0.3 is 10.1 Å². The SMILES string of the molecule is CC(=O)NCN(C)C(COCc1cc(C(F)(F)F)cc(C(F)(F)F)c1)C(c1ccccc1)c1ccccc1. The second-order valence-electron chi connectivity index (χ2n) is 8.94. The van der Waals surface area contributed by atoms with Crippen molar-refractivity contribution >= 4 is 5.91 Å².